The second-order valence-electron chi connectivity index (χ2n) is 5.87. The molecule has 2 N–H and O–H groups in total. The van der Waals surface area contributed by atoms with Crippen LogP contribution in [0.3, 0.4) is 0 Å². The van der Waals surface area contributed by atoms with Crippen molar-refractivity contribution in [2.75, 3.05) is 39.5 Å². The number of nitrogens with one attached hydrogen (secondary N) is 1. The molecular formula is C17H24F2N2O4. The molecule has 0 spiro atoms. The number of nitrogens with zero attached hydrogens (tertiary/aromatic N) is 1. The van der Waals surface area contributed by atoms with Crippen molar-refractivity contribution in [2.45, 2.75) is 25.4 Å². The third-order valence-corrected chi connectivity index (χ3v) is 3.87. The maximum absolute atomic E-state index is 13.0. The van der Waals surface area contributed by atoms with E-state index in [1.807, 2.05) is 0 Å². The smallest absolute Gasteiger partial charge is 0.317 e. The Morgan fingerprint density at radius 2 is 2.04 bits per heavy atom. The van der Waals surface area contributed by atoms with Crippen molar-refractivity contribution in [3.8, 4) is 5.75 Å². The number of aliphatic hydroxyl groups excluding tert-OH is 1. The largest absolute Gasteiger partial charge is 0.491 e. The van der Waals surface area contributed by atoms with Crippen LogP contribution in [0.4, 0.5) is 13.6 Å². The van der Waals surface area contributed by atoms with Gasteiger partial charge in [0.15, 0.2) is 11.6 Å². The second kappa shape index (κ2) is 10.1. The molecule has 1 atom stereocenters. The van der Waals surface area contributed by atoms with Gasteiger partial charge in [-0.1, -0.05) is 0 Å². The number of hydrogen-bond acceptors (Lipinski definition) is 4. The molecule has 8 heteroatoms. The van der Waals surface area contributed by atoms with E-state index in [4.69, 9.17) is 9.47 Å². The number of unbranched alkanes of at least 4 members (excludes halogenated alkanes) is 1. The average Bonchev–Trinajstić information content (AvgIpc) is 2.63. The lowest BCUT2D eigenvalue weighted by molar-refractivity contribution is 0.0532. The van der Waals surface area contributed by atoms with Gasteiger partial charge in [-0.05, 0) is 31.4 Å². The fourth-order valence-electron chi connectivity index (χ4n) is 2.42. The number of carbonyl (C=O) groups is 1. The van der Waals surface area contributed by atoms with E-state index < -0.39 is 17.7 Å². The fourth-order valence-corrected chi connectivity index (χ4v) is 2.42. The van der Waals surface area contributed by atoms with Gasteiger partial charge in [-0.2, -0.15) is 0 Å². The summed E-state index contributed by atoms with van der Waals surface area (Å²) in [6, 6.07) is 3.15. The first-order valence-electron chi connectivity index (χ1n) is 8.42. The highest BCUT2D eigenvalue weighted by Crippen LogP contribution is 2.16. The number of hydrogen-bond donors (Lipinski definition) is 2. The van der Waals surface area contributed by atoms with Gasteiger partial charge < -0.3 is 24.8 Å². The molecule has 1 aliphatic heterocycles. The van der Waals surface area contributed by atoms with Crippen molar-refractivity contribution in [3.63, 3.8) is 0 Å². The molecule has 25 heavy (non-hydrogen) atoms. The first kappa shape index (κ1) is 19.4. The Hall–Kier alpha value is -1.93. The summed E-state index contributed by atoms with van der Waals surface area (Å²) >= 11 is 0. The zero-order valence-electron chi connectivity index (χ0n) is 14.0. The van der Waals surface area contributed by atoms with Gasteiger partial charge in [0.2, 0.25) is 0 Å². The number of aliphatic hydroxyl groups is 1. The van der Waals surface area contributed by atoms with E-state index in [9.17, 15) is 18.7 Å². The summed E-state index contributed by atoms with van der Waals surface area (Å²) < 4.78 is 36.2. The molecule has 1 aromatic rings. The minimum absolute atomic E-state index is 0.00517. The van der Waals surface area contributed by atoms with Gasteiger partial charge in [0, 0.05) is 25.7 Å². The van der Waals surface area contributed by atoms with Crippen molar-refractivity contribution in [2.24, 2.45) is 0 Å². The van der Waals surface area contributed by atoms with Crippen molar-refractivity contribution < 1.29 is 28.2 Å². The van der Waals surface area contributed by atoms with Gasteiger partial charge in [0.25, 0.3) is 0 Å². The van der Waals surface area contributed by atoms with Crippen LogP contribution in [0.2, 0.25) is 0 Å². The Balaban J connectivity index is 1.53. The topological polar surface area (TPSA) is 71.0 Å². The minimum Gasteiger partial charge on any atom is -0.491 e. The molecule has 140 valence electrons. The van der Waals surface area contributed by atoms with E-state index in [1.54, 1.807) is 4.90 Å². The number of halogens is 2. The highest BCUT2D eigenvalue weighted by Gasteiger charge is 2.15. The number of carbonyl (C=O) groups excluding carboxylic acids is 1. The second-order valence-corrected chi connectivity index (χ2v) is 5.87. The Labute approximate surface area is 145 Å². The molecule has 1 heterocycles. The lowest BCUT2D eigenvalue weighted by Gasteiger charge is -2.26. The number of ether oxygens (including phenoxy) is 2. The van der Waals surface area contributed by atoms with Crippen LogP contribution >= 0.6 is 0 Å². The van der Waals surface area contributed by atoms with Gasteiger partial charge in [-0.25, -0.2) is 13.6 Å². The number of rotatable bonds is 8. The van der Waals surface area contributed by atoms with Crippen molar-refractivity contribution in [1.82, 2.24) is 10.2 Å². The number of urea groups is 1. The molecular weight excluding hydrogens is 334 g/mol. The van der Waals surface area contributed by atoms with Gasteiger partial charge in [0.1, 0.15) is 12.4 Å². The van der Waals surface area contributed by atoms with E-state index >= 15 is 0 Å². The van der Waals surface area contributed by atoms with E-state index in [0.717, 1.165) is 18.6 Å². The van der Waals surface area contributed by atoms with Crippen molar-refractivity contribution >= 4 is 6.03 Å². The molecule has 0 saturated carbocycles. The summed E-state index contributed by atoms with van der Waals surface area (Å²) in [6.45, 7) is 2.88. The summed E-state index contributed by atoms with van der Waals surface area (Å²) in [7, 11) is 0. The molecule has 6 nitrogen and oxygen atoms in total. The van der Waals surface area contributed by atoms with Gasteiger partial charge in [0.05, 0.1) is 19.3 Å². The molecule has 0 bridgehead atoms. The molecule has 0 aliphatic carbocycles. The van der Waals surface area contributed by atoms with Crippen molar-refractivity contribution in [3.05, 3.63) is 29.8 Å². The first-order valence-corrected chi connectivity index (χ1v) is 8.42. The van der Waals surface area contributed by atoms with Crippen LogP contribution in [0, 0.1) is 11.6 Å². The zero-order chi connectivity index (χ0) is 18.1. The molecule has 2 rings (SSSR count). The summed E-state index contributed by atoms with van der Waals surface area (Å²) in [5.74, 6) is -1.74. The lowest BCUT2D eigenvalue weighted by Crippen LogP contribution is -2.46. The quantitative estimate of drug-likeness (QED) is 0.697. The maximum atomic E-state index is 13.0. The third-order valence-electron chi connectivity index (χ3n) is 3.87. The first-order chi connectivity index (χ1) is 12.1. The molecule has 2 amide bonds. The number of benzene rings is 1. The van der Waals surface area contributed by atoms with Crippen LogP contribution in [0.15, 0.2) is 18.2 Å². The molecule has 0 unspecified atom stereocenters. The summed E-state index contributed by atoms with van der Waals surface area (Å²) in [5.41, 5.74) is 0. The Morgan fingerprint density at radius 3 is 2.76 bits per heavy atom. The van der Waals surface area contributed by atoms with E-state index in [2.05, 4.69) is 5.32 Å². The molecule has 1 aromatic carbocycles. The van der Waals surface area contributed by atoms with Crippen LogP contribution < -0.4 is 10.1 Å². The molecule has 1 saturated heterocycles. The molecule has 1 aliphatic rings. The summed E-state index contributed by atoms with van der Waals surface area (Å²) in [4.78, 5) is 13.6. The fraction of sp³-hybridized carbons (Fsp3) is 0.588. The van der Waals surface area contributed by atoms with Gasteiger partial charge in [-0.3, -0.25) is 0 Å². The number of morpholine rings is 1. The van der Waals surface area contributed by atoms with Crippen molar-refractivity contribution in [1.29, 1.82) is 0 Å². The zero-order valence-corrected chi connectivity index (χ0v) is 14.0. The van der Waals surface area contributed by atoms with Crippen LogP contribution in [-0.2, 0) is 4.74 Å². The third kappa shape index (κ3) is 6.83. The van der Waals surface area contributed by atoms with E-state index in [-0.39, 0.29) is 18.4 Å². The predicted molar refractivity (Wildman–Crippen MR) is 87.5 cm³/mol. The summed E-state index contributed by atoms with van der Waals surface area (Å²) in [5, 5.41) is 12.7. The average molecular weight is 358 g/mol. The van der Waals surface area contributed by atoms with Gasteiger partial charge in [-0.15, -0.1) is 0 Å². The van der Waals surface area contributed by atoms with Crippen LogP contribution in [0.5, 0.6) is 5.75 Å². The SMILES string of the molecule is O=C(NCCCC[C@H](O)COc1ccc(F)c(F)c1)N1CCOCC1. The van der Waals surface area contributed by atoms with Crippen LogP contribution in [-0.4, -0.2) is 61.6 Å². The van der Waals surface area contributed by atoms with E-state index in [1.165, 1.54) is 6.07 Å². The van der Waals surface area contributed by atoms with Gasteiger partial charge >= 0.3 is 6.03 Å². The number of amides is 2. The van der Waals surface area contributed by atoms with Crippen LogP contribution in [0.1, 0.15) is 19.3 Å². The normalized spacial score (nSPS) is 15.7. The predicted octanol–water partition coefficient (Wildman–Crippen LogP) is 1.92. The van der Waals surface area contributed by atoms with E-state index in [0.29, 0.717) is 45.7 Å². The highest BCUT2D eigenvalue weighted by molar-refractivity contribution is 5.74. The Kier molecular flexibility index (Phi) is 7.87. The molecule has 0 aromatic heterocycles. The standard InChI is InChI=1S/C17H24F2N2O4/c18-15-5-4-14(11-16(15)19)25-12-13(22)3-1-2-6-20-17(23)21-7-9-24-10-8-21/h4-5,11,13,22H,1-3,6-10,12H2,(H,20,23)/t13-/m0/s1. The molecule has 0 radical (unpaired) electrons. The van der Waals surface area contributed by atoms with Crippen LogP contribution in [0.25, 0.3) is 0 Å². The maximum Gasteiger partial charge on any atom is 0.317 e. The molecule has 1 fully saturated rings. The monoisotopic (exact) mass is 358 g/mol. The highest BCUT2D eigenvalue weighted by atomic mass is 19.2. The Bertz CT molecular complexity index is 553. The lowest BCUT2D eigenvalue weighted by atomic mass is 10.1. The summed E-state index contributed by atoms with van der Waals surface area (Å²) in [6.07, 6.45) is 1.24. The minimum atomic E-state index is -0.983. The Morgan fingerprint density at radius 1 is 1.28 bits per heavy atom.